The molecule has 4 unspecified atom stereocenters. The third kappa shape index (κ3) is 3.82. The normalized spacial score (nSPS) is 27.5. The summed E-state index contributed by atoms with van der Waals surface area (Å²) in [5, 5.41) is 1.36. The number of fused-ring (bicyclic) bond motifs is 9. The lowest BCUT2D eigenvalue weighted by Crippen LogP contribution is -2.27. The molecular formula is C33H28N2O5S4. The van der Waals surface area contributed by atoms with Gasteiger partial charge in [0.25, 0.3) is 0 Å². The molecule has 224 valence electrons. The Morgan fingerprint density at radius 2 is 1.07 bits per heavy atom. The monoisotopic (exact) mass is 660 g/mol. The molecule has 0 N–H and O–H groups in total. The minimum absolute atomic E-state index is 0.0741. The van der Waals surface area contributed by atoms with E-state index in [1.807, 2.05) is 12.1 Å². The zero-order valence-corrected chi connectivity index (χ0v) is 27.5. The summed E-state index contributed by atoms with van der Waals surface area (Å²) in [4.78, 5) is 63.7. The predicted molar refractivity (Wildman–Crippen MR) is 177 cm³/mol. The maximum Gasteiger partial charge on any atom is 0.188 e. The number of Topliss-reactive ketones (excluding diaryl/α,β-unsaturated/α-hetero) is 4. The van der Waals surface area contributed by atoms with Crippen molar-refractivity contribution >= 4 is 109 Å². The lowest BCUT2D eigenvalue weighted by atomic mass is 9.81. The van der Waals surface area contributed by atoms with Gasteiger partial charge < -0.3 is 4.74 Å². The summed E-state index contributed by atoms with van der Waals surface area (Å²) in [6.07, 6.45) is 7.16. The van der Waals surface area contributed by atoms with E-state index in [0.717, 1.165) is 86.4 Å². The number of hydrogen-bond donors (Lipinski definition) is 0. The first kappa shape index (κ1) is 27.5. The van der Waals surface area contributed by atoms with Crippen molar-refractivity contribution in [3.05, 3.63) is 17.7 Å². The summed E-state index contributed by atoms with van der Waals surface area (Å²) in [7, 11) is 0. The maximum atomic E-state index is 13.0. The fourth-order valence-corrected chi connectivity index (χ4v) is 13.3. The SMILES string of the molecule is CC1(C)Oc2c(sc3cc(N=C4C(=O)C5CCCCC5C4=O)sc23)-c2sc3cc(N=C4C(=O)C5CCCCC5C4=O)sc3c21. The Bertz CT molecular complexity index is 2000. The van der Waals surface area contributed by atoms with Gasteiger partial charge in [-0.05, 0) is 51.7 Å². The van der Waals surface area contributed by atoms with Crippen molar-refractivity contribution < 1.29 is 23.9 Å². The quantitative estimate of drug-likeness (QED) is 0.214. The van der Waals surface area contributed by atoms with Gasteiger partial charge in [0.2, 0.25) is 0 Å². The van der Waals surface area contributed by atoms with E-state index in [-0.39, 0.29) is 58.2 Å². The van der Waals surface area contributed by atoms with Crippen molar-refractivity contribution in [2.75, 3.05) is 0 Å². The van der Waals surface area contributed by atoms with E-state index in [2.05, 4.69) is 23.8 Å². The molecule has 44 heavy (non-hydrogen) atoms. The van der Waals surface area contributed by atoms with Crippen molar-refractivity contribution in [3.8, 4) is 15.5 Å². The average Bonchev–Trinajstić information content (AvgIpc) is 3.82. The van der Waals surface area contributed by atoms with Gasteiger partial charge in [0.15, 0.2) is 40.3 Å². The van der Waals surface area contributed by atoms with E-state index in [1.165, 1.54) is 27.6 Å². The molecule has 0 aromatic carbocycles. The highest BCUT2D eigenvalue weighted by Crippen LogP contribution is 2.61. The van der Waals surface area contributed by atoms with Crippen LogP contribution in [0.4, 0.5) is 10.0 Å². The Morgan fingerprint density at radius 3 is 1.57 bits per heavy atom. The van der Waals surface area contributed by atoms with E-state index in [1.54, 1.807) is 22.7 Å². The Balaban J connectivity index is 1.08. The summed E-state index contributed by atoms with van der Waals surface area (Å²) in [5.74, 6) is -0.216. The molecule has 5 heterocycles. The van der Waals surface area contributed by atoms with Crippen molar-refractivity contribution in [2.45, 2.75) is 70.8 Å². The van der Waals surface area contributed by atoms with E-state index >= 15 is 0 Å². The molecule has 7 nitrogen and oxygen atoms in total. The number of ketones is 4. The molecule has 4 aliphatic carbocycles. The van der Waals surface area contributed by atoms with E-state index < -0.39 is 5.60 Å². The number of nitrogens with zero attached hydrogens (tertiary/aromatic N) is 2. The molecule has 0 amide bonds. The fourth-order valence-electron chi connectivity index (χ4n) is 8.00. The van der Waals surface area contributed by atoms with Crippen LogP contribution < -0.4 is 4.74 Å². The molecule has 9 rings (SSSR count). The Morgan fingerprint density at radius 1 is 0.636 bits per heavy atom. The molecule has 1 aliphatic heterocycles. The van der Waals surface area contributed by atoms with Crippen LogP contribution in [0.3, 0.4) is 0 Å². The summed E-state index contributed by atoms with van der Waals surface area (Å²) >= 11 is 6.34. The number of carbonyl (C=O) groups is 4. The maximum absolute atomic E-state index is 13.0. The molecule has 4 atom stereocenters. The summed E-state index contributed by atoms with van der Waals surface area (Å²) < 4.78 is 10.9. The van der Waals surface area contributed by atoms with Gasteiger partial charge in [-0.1, -0.05) is 25.7 Å². The van der Waals surface area contributed by atoms with Crippen molar-refractivity contribution in [1.82, 2.24) is 0 Å². The molecule has 4 aromatic rings. The second-order valence-electron chi connectivity index (χ2n) is 13.1. The van der Waals surface area contributed by atoms with Crippen LogP contribution in [-0.2, 0) is 24.8 Å². The van der Waals surface area contributed by atoms with Gasteiger partial charge in [-0.15, -0.1) is 45.3 Å². The van der Waals surface area contributed by atoms with Crippen molar-refractivity contribution in [1.29, 1.82) is 0 Å². The van der Waals surface area contributed by atoms with Gasteiger partial charge in [0.1, 0.15) is 15.6 Å². The van der Waals surface area contributed by atoms with Gasteiger partial charge in [0.05, 0.1) is 23.9 Å². The zero-order valence-electron chi connectivity index (χ0n) is 24.2. The highest BCUT2D eigenvalue weighted by molar-refractivity contribution is 7.36. The molecule has 0 spiro atoms. The third-order valence-electron chi connectivity index (χ3n) is 10.1. The van der Waals surface area contributed by atoms with Crippen molar-refractivity contribution in [3.63, 3.8) is 0 Å². The van der Waals surface area contributed by atoms with Gasteiger partial charge in [-0.3, -0.25) is 19.2 Å². The van der Waals surface area contributed by atoms with Crippen LogP contribution >= 0.6 is 45.3 Å². The predicted octanol–water partition coefficient (Wildman–Crippen LogP) is 8.59. The molecule has 0 saturated heterocycles. The number of rotatable bonds is 2. The smallest absolute Gasteiger partial charge is 0.188 e. The molecule has 4 saturated carbocycles. The minimum atomic E-state index is -0.624. The zero-order chi connectivity index (χ0) is 30.1. The van der Waals surface area contributed by atoms with Crippen LogP contribution in [0, 0.1) is 23.7 Å². The first-order valence-corrected chi connectivity index (χ1v) is 18.6. The lowest BCUT2D eigenvalue weighted by molar-refractivity contribution is -0.120. The van der Waals surface area contributed by atoms with Gasteiger partial charge in [-0.25, -0.2) is 9.98 Å². The standard InChI is InChI=1S/C33H28N2O5S4/c1-33(2)21-29-17(11-19(43-29)34-22-24(36)13-7-3-4-8-14(13)25(22)37)41-31(21)32-28(40-33)30-18(42-32)12-20(44-30)35-23-26(38)15-9-5-6-10-16(15)27(23)39/h11-16H,3-10H2,1-2H3. The number of carbonyl (C=O) groups excluding carboxylic acids is 4. The Hall–Kier alpha value is -2.86. The number of ether oxygens (including phenoxy) is 1. The average molecular weight is 661 g/mol. The second-order valence-corrected chi connectivity index (χ2v) is 17.3. The van der Waals surface area contributed by atoms with Crippen LogP contribution in [-0.4, -0.2) is 34.6 Å². The molecule has 11 heteroatoms. The highest BCUT2D eigenvalue weighted by atomic mass is 32.1. The first-order chi connectivity index (χ1) is 21.2. The minimum Gasteiger partial charge on any atom is -0.480 e. The van der Waals surface area contributed by atoms with Crippen molar-refractivity contribution in [2.24, 2.45) is 33.7 Å². The molecule has 0 bridgehead atoms. The van der Waals surface area contributed by atoms with Crippen LogP contribution in [0.2, 0.25) is 0 Å². The highest BCUT2D eigenvalue weighted by Gasteiger charge is 2.49. The van der Waals surface area contributed by atoms with Crippen LogP contribution in [0.5, 0.6) is 5.75 Å². The van der Waals surface area contributed by atoms with Crippen LogP contribution in [0.15, 0.2) is 22.1 Å². The van der Waals surface area contributed by atoms with E-state index in [0.29, 0.717) is 10.0 Å². The lowest BCUT2D eigenvalue weighted by Gasteiger charge is -2.31. The second kappa shape index (κ2) is 9.57. The summed E-state index contributed by atoms with van der Waals surface area (Å²) in [6.45, 7) is 4.13. The number of hydrogen-bond acceptors (Lipinski definition) is 11. The topological polar surface area (TPSA) is 102 Å². The number of aliphatic imine (C=N–C) groups is 2. The molecular weight excluding hydrogens is 633 g/mol. The van der Waals surface area contributed by atoms with Gasteiger partial charge in [0, 0.05) is 33.9 Å². The van der Waals surface area contributed by atoms with Crippen LogP contribution in [0.1, 0.15) is 70.8 Å². The van der Waals surface area contributed by atoms with Gasteiger partial charge >= 0.3 is 0 Å². The summed E-state index contributed by atoms with van der Waals surface area (Å²) in [5.41, 5.74) is 0.755. The largest absolute Gasteiger partial charge is 0.480 e. The molecule has 0 radical (unpaired) electrons. The van der Waals surface area contributed by atoms with E-state index in [9.17, 15) is 19.2 Å². The van der Waals surface area contributed by atoms with Crippen LogP contribution in [0.25, 0.3) is 28.6 Å². The Labute approximate surface area is 269 Å². The first-order valence-electron chi connectivity index (χ1n) is 15.4. The fraction of sp³-hybridized carbons (Fsp3) is 0.455. The summed E-state index contributed by atoms with van der Waals surface area (Å²) in [6, 6.07) is 3.98. The third-order valence-corrected chi connectivity index (χ3v) is 14.8. The van der Waals surface area contributed by atoms with E-state index in [4.69, 9.17) is 4.74 Å². The molecule has 5 aliphatic rings. The number of thiophene rings is 4. The molecule has 4 aromatic heterocycles. The Kier molecular flexibility index (Phi) is 5.97. The van der Waals surface area contributed by atoms with Gasteiger partial charge in [-0.2, -0.15) is 0 Å². The molecule has 4 fully saturated rings.